The van der Waals surface area contributed by atoms with E-state index in [0.29, 0.717) is 18.4 Å². The van der Waals surface area contributed by atoms with Crippen LogP contribution in [0.1, 0.15) is 36.8 Å². The number of nitrogens with zero attached hydrogens (tertiary/aromatic N) is 4. The summed E-state index contributed by atoms with van der Waals surface area (Å²) in [6.07, 6.45) is 1.43. The second-order valence-corrected chi connectivity index (χ2v) is 7.43. The molecule has 3 N–H and O–H groups in total. The van der Waals surface area contributed by atoms with E-state index in [9.17, 15) is 28.3 Å². The van der Waals surface area contributed by atoms with Crippen LogP contribution in [0.5, 0.6) is 0 Å². The van der Waals surface area contributed by atoms with Crippen LogP contribution in [-0.2, 0) is 11.0 Å². The third-order valence-electron chi connectivity index (χ3n) is 5.38. The summed E-state index contributed by atoms with van der Waals surface area (Å²) in [6, 6.07) is 2.77. The van der Waals surface area contributed by atoms with E-state index in [1.807, 2.05) is 6.07 Å². The van der Waals surface area contributed by atoms with E-state index in [0.717, 1.165) is 25.1 Å². The Bertz CT molecular complexity index is 1180. The van der Waals surface area contributed by atoms with Gasteiger partial charge in [-0.25, -0.2) is 15.0 Å². The number of pyridine rings is 1. The molecule has 2 atom stereocenters. The predicted molar refractivity (Wildman–Crippen MR) is 104 cm³/mol. The predicted octanol–water partition coefficient (Wildman–Crippen LogP) is 3.97. The fourth-order valence-electron chi connectivity index (χ4n) is 3.82. The van der Waals surface area contributed by atoms with Gasteiger partial charge in [0.05, 0.1) is 28.9 Å². The van der Waals surface area contributed by atoms with E-state index >= 15 is 0 Å². The number of halogens is 3. The van der Waals surface area contributed by atoms with Crippen LogP contribution in [0.15, 0.2) is 24.7 Å². The minimum absolute atomic E-state index is 0.0934. The van der Waals surface area contributed by atoms with Crippen LogP contribution in [-0.4, -0.2) is 37.1 Å². The van der Waals surface area contributed by atoms with E-state index in [2.05, 4.69) is 25.3 Å². The zero-order valence-electron chi connectivity index (χ0n) is 16.1. The molecule has 31 heavy (non-hydrogen) atoms. The van der Waals surface area contributed by atoms with Gasteiger partial charge in [-0.05, 0) is 25.3 Å². The lowest BCUT2D eigenvalue weighted by atomic mass is 9.86. The number of aromatic nitrogens is 4. The Hall–Kier alpha value is -3.68. The quantitative estimate of drug-likeness (QED) is 0.571. The highest BCUT2D eigenvalue weighted by atomic mass is 19.4. The van der Waals surface area contributed by atoms with Crippen LogP contribution < -0.4 is 5.32 Å². The van der Waals surface area contributed by atoms with E-state index < -0.39 is 23.6 Å². The number of hydrogen-bond acceptors (Lipinski definition) is 6. The highest BCUT2D eigenvalue weighted by Gasteiger charge is 2.32. The number of alkyl halides is 3. The van der Waals surface area contributed by atoms with Gasteiger partial charge >= 0.3 is 12.1 Å². The molecule has 11 heteroatoms. The number of fused-ring (bicyclic) bond motifs is 1. The van der Waals surface area contributed by atoms with Crippen molar-refractivity contribution in [2.24, 2.45) is 5.92 Å². The molecular weight excluding hydrogens is 413 g/mol. The van der Waals surface area contributed by atoms with Gasteiger partial charge in [0.1, 0.15) is 11.7 Å². The minimum atomic E-state index is -4.56. The van der Waals surface area contributed by atoms with Gasteiger partial charge in [0.2, 0.25) is 5.95 Å². The number of carboxylic acids is 1. The Morgan fingerprint density at radius 1 is 1.29 bits per heavy atom. The number of rotatable bonds is 4. The van der Waals surface area contributed by atoms with Crippen LogP contribution in [0.2, 0.25) is 0 Å². The molecule has 0 spiro atoms. The van der Waals surface area contributed by atoms with E-state index in [4.69, 9.17) is 0 Å². The van der Waals surface area contributed by atoms with E-state index in [1.165, 1.54) is 12.4 Å². The summed E-state index contributed by atoms with van der Waals surface area (Å²) in [5.41, 5.74) is -0.123. The monoisotopic (exact) mass is 430 g/mol. The summed E-state index contributed by atoms with van der Waals surface area (Å²) in [7, 11) is 0. The first-order chi connectivity index (χ1) is 14.8. The minimum Gasteiger partial charge on any atom is -0.481 e. The second kappa shape index (κ2) is 7.86. The normalized spacial score (nSPS) is 19.2. The van der Waals surface area contributed by atoms with Gasteiger partial charge in [-0.3, -0.25) is 4.79 Å². The van der Waals surface area contributed by atoms with Crippen molar-refractivity contribution in [1.82, 2.24) is 19.9 Å². The summed E-state index contributed by atoms with van der Waals surface area (Å²) in [5, 5.41) is 22.0. The first-order valence-electron chi connectivity index (χ1n) is 9.57. The number of hydrogen-bond donors (Lipinski definition) is 3. The van der Waals surface area contributed by atoms with Gasteiger partial charge in [0, 0.05) is 29.4 Å². The standard InChI is InChI=1S/C20H17F3N6O2/c21-20(22,23)12-5-14-15(9-26-17(14)25-8-12)16-11(6-24)7-27-19(29-16)28-13-3-1-2-10(4-13)18(30)31/h5,7-10,13H,1-4H2,(H,25,26)(H,30,31)(H,27,28,29)/t10-,13+/m1/s1. The maximum absolute atomic E-state index is 13.1. The van der Waals surface area contributed by atoms with Crippen molar-refractivity contribution in [2.45, 2.75) is 37.9 Å². The van der Waals surface area contributed by atoms with Gasteiger partial charge in [0.15, 0.2) is 0 Å². The molecule has 1 fully saturated rings. The van der Waals surface area contributed by atoms with Gasteiger partial charge < -0.3 is 15.4 Å². The first kappa shape index (κ1) is 20.6. The molecule has 0 saturated heterocycles. The van der Waals surface area contributed by atoms with Crippen LogP contribution >= 0.6 is 0 Å². The van der Waals surface area contributed by atoms with Gasteiger partial charge in [-0.2, -0.15) is 18.4 Å². The van der Waals surface area contributed by atoms with E-state index in [-0.39, 0.29) is 34.3 Å². The summed E-state index contributed by atoms with van der Waals surface area (Å²) >= 11 is 0. The van der Waals surface area contributed by atoms with Crippen molar-refractivity contribution in [3.8, 4) is 17.3 Å². The molecule has 0 amide bonds. The molecule has 8 nitrogen and oxygen atoms in total. The lowest BCUT2D eigenvalue weighted by Gasteiger charge is -2.27. The topological polar surface area (TPSA) is 128 Å². The maximum Gasteiger partial charge on any atom is 0.417 e. The SMILES string of the molecule is N#Cc1cnc(N[C@H]2CCC[C@@H](C(=O)O)C2)nc1-c1c[nH]c2ncc(C(F)(F)F)cc12. The molecule has 1 saturated carbocycles. The third-order valence-corrected chi connectivity index (χ3v) is 5.38. The maximum atomic E-state index is 13.1. The number of nitrogens with one attached hydrogen (secondary N) is 2. The molecule has 0 aromatic carbocycles. The molecule has 160 valence electrons. The summed E-state index contributed by atoms with van der Waals surface area (Å²) in [4.78, 5) is 26.4. The van der Waals surface area contributed by atoms with Crippen LogP contribution in [0.4, 0.5) is 19.1 Å². The van der Waals surface area contributed by atoms with Crippen molar-refractivity contribution in [3.63, 3.8) is 0 Å². The smallest absolute Gasteiger partial charge is 0.417 e. The number of H-pyrrole nitrogens is 1. The molecule has 0 bridgehead atoms. The van der Waals surface area contributed by atoms with Crippen molar-refractivity contribution < 1.29 is 23.1 Å². The van der Waals surface area contributed by atoms with Gasteiger partial charge in [0.25, 0.3) is 0 Å². The summed E-state index contributed by atoms with van der Waals surface area (Å²) in [6.45, 7) is 0. The Balaban J connectivity index is 1.70. The molecule has 3 heterocycles. The first-order valence-corrected chi connectivity index (χ1v) is 9.57. The zero-order valence-corrected chi connectivity index (χ0v) is 16.1. The molecular formula is C20H17F3N6O2. The Kier molecular flexibility index (Phi) is 5.22. The number of carboxylic acid groups (broad SMARTS) is 1. The highest BCUT2D eigenvalue weighted by molar-refractivity contribution is 5.94. The Morgan fingerprint density at radius 2 is 2.10 bits per heavy atom. The van der Waals surface area contributed by atoms with Gasteiger partial charge in [-0.15, -0.1) is 0 Å². The Labute approximate surface area is 174 Å². The van der Waals surface area contributed by atoms with Crippen molar-refractivity contribution in [2.75, 3.05) is 5.32 Å². The average molecular weight is 430 g/mol. The molecule has 3 aromatic rings. The van der Waals surface area contributed by atoms with E-state index in [1.54, 1.807) is 0 Å². The number of aromatic amines is 1. The number of anilines is 1. The lowest BCUT2D eigenvalue weighted by Crippen LogP contribution is -2.31. The van der Waals surface area contributed by atoms with Crippen LogP contribution in [0, 0.1) is 17.2 Å². The molecule has 1 aliphatic carbocycles. The number of aliphatic carboxylic acids is 1. The Morgan fingerprint density at radius 3 is 2.81 bits per heavy atom. The summed E-state index contributed by atoms with van der Waals surface area (Å²) in [5.74, 6) is -1.12. The largest absolute Gasteiger partial charge is 0.481 e. The summed E-state index contributed by atoms with van der Waals surface area (Å²) < 4.78 is 39.4. The van der Waals surface area contributed by atoms with Crippen LogP contribution in [0.3, 0.4) is 0 Å². The lowest BCUT2D eigenvalue weighted by molar-refractivity contribution is -0.143. The highest BCUT2D eigenvalue weighted by Crippen LogP contribution is 2.35. The molecule has 0 aliphatic heterocycles. The van der Waals surface area contributed by atoms with Crippen molar-refractivity contribution in [1.29, 1.82) is 5.26 Å². The number of carbonyl (C=O) groups is 1. The van der Waals surface area contributed by atoms with Crippen LogP contribution in [0.25, 0.3) is 22.3 Å². The van der Waals surface area contributed by atoms with Crippen molar-refractivity contribution in [3.05, 3.63) is 35.8 Å². The zero-order chi connectivity index (χ0) is 22.2. The van der Waals surface area contributed by atoms with Gasteiger partial charge in [-0.1, -0.05) is 6.42 Å². The molecule has 1 aliphatic rings. The molecule has 0 radical (unpaired) electrons. The van der Waals surface area contributed by atoms with Crippen molar-refractivity contribution >= 4 is 23.0 Å². The fourth-order valence-corrected chi connectivity index (χ4v) is 3.82. The number of nitriles is 1. The molecule has 4 rings (SSSR count). The third kappa shape index (κ3) is 4.14. The molecule has 0 unspecified atom stereocenters. The average Bonchev–Trinajstić information content (AvgIpc) is 3.16. The fraction of sp³-hybridized carbons (Fsp3) is 0.350. The molecule has 3 aromatic heterocycles. The second-order valence-electron chi connectivity index (χ2n) is 7.43.